The number of aromatic nitrogens is 1. The Bertz CT molecular complexity index is 594. The molecule has 0 aromatic carbocycles. The van der Waals surface area contributed by atoms with E-state index in [0.717, 1.165) is 51.3 Å². The first-order valence-corrected chi connectivity index (χ1v) is 11.2. The molecule has 1 saturated heterocycles. The van der Waals surface area contributed by atoms with E-state index >= 15 is 0 Å². The molecule has 1 aliphatic heterocycles. The average Bonchev–Trinajstić information content (AvgIpc) is 3.30. The largest absolute Gasteiger partial charge is 0.396 e. The van der Waals surface area contributed by atoms with Crippen molar-refractivity contribution >= 4 is 41.3 Å². The van der Waals surface area contributed by atoms with Gasteiger partial charge in [0.2, 0.25) is 0 Å². The van der Waals surface area contributed by atoms with Crippen LogP contribution in [-0.2, 0) is 24.0 Å². The van der Waals surface area contributed by atoms with E-state index in [9.17, 15) is 5.11 Å². The number of hydrogen-bond acceptors (Lipinski definition) is 5. The highest BCUT2D eigenvalue weighted by Gasteiger charge is 2.34. The Morgan fingerprint density at radius 3 is 2.89 bits per heavy atom. The Labute approximate surface area is 190 Å². The molecule has 1 aromatic heterocycles. The van der Waals surface area contributed by atoms with Crippen molar-refractivity contribution in [3.05, 3.63) is 15.6 Å². The second-order valence-electron chi connectivity index (χ2n) is 7.69. The van der Waals surface area contributed by atoms with Gasteiger partial charge in [0.25, 0.3) is 0 Å². The number of aliphatic imine (C=N–C) groups is 1. The normalized spacial score (nSPS) is 21.9. The maximum Gasteiger partial charge on any atom is 0.191 e. The molecule has 160 valence electrons. The smallest absolute Gasteiger partial charge is 0.191 e. The number of fused-ring (bicyclic) bond motifs is 1. The highest BCUT2D eigenvalue weighted by Crippen LogP contribution is 2.32. The minimum Gasteiger partial charge on any atom is -0.396 e. The molecule has 28 heavy (non-hydrogen) atoms. The van der Waals surface area contributed by atoms with Crippen LogP contribution in [0, 0.1) is 5.41 Å². The van der Waals surface area contributed by atoms with Crippen LogP contribution < -0.4 is 10.6 Å². The summed E-state index contributed by atoms with van der Waals surface area (Å²) in [7, 11) is 0. The van der Waals surface area contributed by atoms with Gasteiger partial charge in [-0.1, -0.05) is 0 Å². The second kappa shape index (κ2) is 12.3. The maximum atomic E-state index is 9.36. The van der Waals surface area contributed by atoms with Gasteiger partial charge >= 0.3 is 0 Å². The van der Waals surface area contributed by atoms with Crippen LogP contribution in [0.1, 0.15) is 54.6 Å². The van der Waals surface area contributed by atoms with E-state index < -0.39 is 0 Å². The van der Waals surface area contributed by atoms with Crippen LogP contribution in [-0.4, -0.2) is 55.5 Å². The number of thiazole rings is 1. The monoisotopic (exact) mass is 522 g/mol. The van der Waals surface area contributed by atoms with E-state index in [1.165, 1.54) is 41.3 Å². The highest BCUT2D eigenvalue weighted by atomic mass is 127. The van der Waals surface area contributed by atoms with Crippen LogP contribution in [0.2, 0.25) is 0 Å². The summed E-state index contributed by atoms with van der Waals surface area (Å²) < 4.78 is 5.56. The number of aliphatic hydroxyl groups is 1. The Morgan fingerprint density at radius 1 is 1.32 bits per heavy atom. The lowest BCUT2D eigenvalue weighted by atomic mass is 9.84. The molecule has 1 aromatic rings. The van der Waals surface area contributed by atoms with Crippen LogP contribution in [0.3, 0.4) is 0 Å². The molecular weight excluding hydrogens is 487 g/mol. The van der Waals surface area contributed by atoms with Gasteiger partial charge in [0.15, 0.2) is 5.96 Å². The van der Waals surface area contributed by atoms with E-state index in [4.69, 9.17) is 14.7 Å². The summed E-state index contributed by atoms with van der Waals surface area (Å²) in [6.07, 6.45) is 8.83. The number of nitrogens with zero attached hydrogens (tertiary/aromatic N) is 2. The van der Waals surface area contributed by atoms with Gasteiger partial charge in [0.1, 0.15) is 0 Å². The molecule has 1 fully saturated rings. The molecule has 2 heterocycles. The zero-order valence-electron chi connectivity index (χ0n) is 17.0. The van der Waals surface area contributed by atoms with Gasteiger partial charge in [-0.05, 0) is 51.9 Å². The molecular formula is C20H35IN4O2S. The van der Waals surface area contributed by atoms with Crippen molar-refractivity contribution in [1.29, 1.82) is 0 Å². The van der Waals surface area contributed by atoms with E-state index in [1.54, 1.807) is 0 Å². The van der Waals surface area contributed by atoms with Crippen molar-refractivity contribution in [1.82, 2.24) is 15.6 Å². The Hall–Kier alpha value is -0.450. The summed E-state index contributed by atoms with van der Waals surface area (Å²) in [5, 5.41) is 17.4. The Balaban J connectivity index is 0.00000280. The summed E-state index contributed by atoms with van der Waals surface area (Å²) in [6.45, 7) is 6.18. The third-order valence-electron chi connectivity index (χ3n) is 5.49. The third kappa shape index (κ3) is 6.81. The third-order valence-corrected chi connectivity index (χ3v) is 6.71. The van der Waals surface area contributed by atoms with Crippen molar-refractivity contribution in [2.45, 2.75) is 58.3 Å². The molecule has 1 aliphatic carbocycles. The minimum atomic E-state index is -0.00292. The van der Waals surface area contributed by atoms with Gasteiger partial charge in [-0.2, -0.15) is 0 Å². The van der Waals surface area contributed by atoms with Crippen molar-refractivity contribution in [3.63, 3.8) is 0 Å². The van der Waals surface area contributed by atoms with Gasteiger partial charge in [0, 0.05) is 43.0 Å². The Morgan fingerprint density at radius 2 is 2.18 bits per heavy atom. The molecule has 0 spiro atoms. The van der Waals surface area contributed by atoms with Crippen LogP contribution >= 0.6 is 35.3 Å². The topological polar surface area (TPSA) is 78.8 Å². The van der Waals surface area contributed by atoms with Crippen molar-refractivity contribution < 1.29 is 9.84 Å². The van der Waals surface area contributed by atoms with Crippen LogP contribution in [0.25, 0.3) is 0 Å². The lowest BCUT2D eigenvalue weighted by Gasteiger charge is -2.24. The molecule has 3 rings (SSSR count). The summed E-state index contributed by atoms with van der Waals surface area (Å²) >= 11 is 1.91. The lowest BCUT2D eigenvalue weighted by Crippen LogP contribution is -2.39. The average molecular weight is 522 g/mol. The predicted octanol–water partition coefficient (Wildman–Crippen LogP) is 2.92. The highest BCUT2D eigenvalue weighted by molar-refractivity contribution is 14.0. The Kier molecular flexibility index (Phi) is 10.5. The molecule has 3 N–H and O–H groups in total. The standard InChI is InChI=1S/C20H34N4O2S.HI/c1-2-21-19(23-14-20(9-12-25)10-13-26-15-20)22-11-5-8-18-24-16-6-3-4-7-17(16)27-18;/h25H,2-15H2,1H3,(H2,21,22,23);1H. The SMILES string of the molecule is CCNC(=NCC1(CCO)CCOC1)NCCCc1nc2c(s1)CCCC2.I. The number of halogens is 1. The van der Waals surface area contributed by atoms with E-state index in [0.29, 0.717) is 13.2 Å². The summed E-state index contributed by atoms with van der Waals surface area (Å²) in [5.74, 6) is 0.861. The zero-order chi connectivity index (χ0) is 19.0. The van der Waals surface area contributed by atoms with E-state index in [-0.39, 0.29) is 36.0 Å². The lowest BCUT2D eigenvalue weighted by molar-refractivity contribution is 0.131. The molecule has 0 saturated carbocycles. The number of rotatable bonds is 9. The fraction of sp³-hybridized carbons (Fsp3) is 0.800. The fourth-order valence-electron chi connectivity index (χ4n) is 3.83. The molecule has 0 amide bonds. The summed E-state index contributed by atoms with van der Waals surface area (Å²) in [6, 6.07) is 0. The number of aryl methyl sites for hydroxylation is 3. The van der Waals surface area contributed by atoms with Crippen molar-refractivity contribution in [3.8, 4) is 0 Å². The van der Waals surface area contributed by atoms with Crippen LogP contribution in [0.5, 0.6) is 0 Å². The molecule has 6 nitrogen and oxygen atoms in total. The maximum absolute atomic E-state index is 9.36. The van der Waals surface area contributed by atoms with E-state index in [1.807, 2.05) is 11.3 Å². The summed E-state index contributed by atoms with van der Waals surface area (Å²) in [4.78, 5) is 11.1. The molecule has 8 heteroatoms. The van der Waals surface area contributed by atoms with E-state index in [2.05, 4.69) is 17.6 Å². The quantitative estimate of drug-likeness (QED) is 0.201. The minimum absolute atomic E-state index is 0. The van der Waals surface area contributed by atoms with Gasteiger partial charge in [-0.25, -0.2) is 4.98 Å². The molecule has 0 bridgehead atoms. The number of ether oxygens (including phenoxy) is 1. The fourth-order valence-corrected chi connectivity index (χ4v) is 5.03. The zero-order valence-corrected chi connectivity index (χ0v) is 20.1. The van der Waals surface area contributed by atoms with Gasteiger partial charge in [-0.15, -0.1) is 35.3 Å². The number of hydrogen-bond donors (Lipinski definition) is 3. The second-order valence-corrected chi connectivity index (χ2v) is 8.85. The number of aliphatic hydroxyl groups excluding tert-OH is 1. The van der Waals surface area contributed by atoms with Crippen molar-refractivity contribution in [2.24, 2.45) is 10.4 Å². The molecule has 1 atom stereocenters. The molecule has 1 unspecified atom stereocenters. The van der Waals surface area contributed by atoms with Crippen LogP contribution in [0.4, 0.5) is 0 Å². The predicted molar refractivity (Wildman–Crippen MR) is 126 cm³/mol. The number of guanidine groups is 1. The molecule has 2 aliphatic rings. The number of nitrogens with one attached hydrogen (secondary N) is 2. The first-order chi connectivity index (χ1) is 13.2. The first-order valence-electron chi connectivity index (χ1n) is 10.4. The van der Waals surface area contributed by atoms with Crippen molar-refractivity contribution in [2.75, 3.05) is 39.5 Å². The molecule has 0 radical (unpaired) electrons. The van der Waals surface area contributed by atoms with Gasteiger partial charge in [0.05, 0.1) is 23.9 Å². The summed E-state index contributed by atoms with van der Waals surface area (Å²) in [5.41, 5.74) is 1.36. The first kappa shape index (κ1) is 23.8. The van der Waals surface area contributed by atoms with Gasteiger partial charge < -0.3 is 20.5 Å². The van der Waals surface area contributed by atoms with Crippen LogP contribution in [0.15, 0.2) is 4.99 Å². The van der Waals surface area contributed by atoms with Gasteiger partial charge in [-0.3, -0.25) is 4.99 Å².